The van der Waals surface area contributed by atoms with E-state index in [0.717, 1.165) is 5.56 Å². The van der Waals surface area contributed by atoms with Gasteiger partial charge < -0.3 is 5.32 Å². The lowest BCUT2D eigenvalue weighted by atomic mass is 10.2. The predicted molar refractivity (Wildman–Crippen MR) is 79.7 cm³/mol. The average molecular weight is 283 g/mol. The number of nitrogens with zero attached hydrogens (tertiary/aromatic N) is 2. The van der Waals surface area contributed by atoms with Crippen LogP contribution in [0, 0.1) is 17.0 Å². The Hall–Kier alpha value is -3.02. The van der Waals surface area contributed by atoms with Crippen LogP contribution in [0.1, 0.15) is 11.1 Å². The fourth-order valence-electron chi connectivity index (χ4n) is 1.65. The summed E-state index contributed by atoms with van der Waals surface area (Å²) in [7, 11) is 0. The highest BCUT2D eigenvalue weighted by atomic mass is 16.6. The Morgan fingerprint density at radius 2 is 2.00 bits per heavy atom. The molecule has 0 atom stereocenters. The molecule has 6 heteroatoms. The van der Waals surface area contributed by atoms with Crippen LogP contribution in [0.4, 0.5) is 11.5 Å². The molecule has 0 bridgehead atoms. The summed E-state index contributed by atoms with van der Waals surface area (Å²) in [6, 6.07) is 9.53. The highest BCUT2D eigenvalue weighted by Crippen LogP contribution is 2.13. The van der Waals surface area contributed by atoms with Crippen LogP contribution in [0.15, 0.2) is 48.7 Å². The van der Waals surface area contributed by atoms with E-state index in [2.05, 4.69) is 10.3 Å². The van der Waals surface area contributed by atoms with Crippen molar-refractivity contribution in [1.29, 1.82) is 0 Å². The average Bonchev–Trinajstić information content (AvgIpc) is 2.45. The molecular weight excluding hydrogens is 270 g/mol. The van der Waals surface area contributed by atoms with Crippen molar-refractivity contribution in [1.82, 2.24) is 4.98 Å². The molecule has 0 aliphatic rings. The van der Waals surface area contributed by atoms with Crippen molar-refractivity contribution in [3.8, 4) is 0 Å². The van der Waals surface area contributed by atoms with Crippen molar-refractivity contribution in [2.75, 3.05) is 5.32 Å². The van der Waals surface area contributed by atoms with E-state index < -0.39 is 4.92 Å². The number of rotatable bonds is 4. The number of carbonyl (C=O) groups is 1. The number of aromatic nitrogens is 1. The number of carbonyl (C=O) groups excluding carboxylic acids is 1. The van der Waals surface area contributed by atoms with Gasteiger partial charge in [0.2, 0.25) is 5.91 Å². The van der Waals surface area contributed by atoms with E-state index >= 15 is 0 Å². The van der Waals surface area contributed by atoms with Crippen molar-refractivity contribution >= 4 is 23.5 Å². The fourth-order valence-corrected chi connectivity index (χ4v) is 1.65. The first-order chi connectivity index (χ1) is 10.0. The van der Waals surface area contributed by atoms with Crippen molar-refractivity contribution in [3.05, 3.63) is 69.9 Å². The SMILES string of the molecule is Cc1ccnc(NC(=O)/C=C/c2ccc([N+](=O)[O-])cc2)c1. The van der Waals surface area contributed by atoms with Gasteiger partial charge in [0.05, 0.1) is 4.92 Å². The molecule has 0 aliphatic heterocycles. The number of anilines is 1. The Morgan fingerprint density at radius 3 is 2.62 bits per heavy atom. The third-order valence-corrected chi connectivity index (χ3v) is 2.70. The first-order valence-corrected chi connectivity index (χ1v) is 6.21. The smallest absolute Gasteiger partial charge is 0.269 e. The number of amides is 1. The number of pyridine rings is 1. The summed E-state index contributed by atoms with van der Waals surface area (Å²) >= 11 is 0. The standard InChI is InChI=1S/C15H13N3O3/c1-11-8-9-16-14(10-11)17-15(19)7-4-12-2-5-13(6-3-12)18(20)21/h2-10H,1H3,(H,16,17,19)/b7-4+. The summed E-state index contributed by atoms with van der Waals surface area (Å²) in [4.78, 5) is 25.8. The lowest BCUT2D eigenvalue weighted by molar-refractivity contribution is -0.384. The number of hydrogen-bond donors (Lipinski definition) is 1. The van der Waals surface area contributed by atoms with Gasteiger partial charge in [0.25, 0.3) is 5.69 Å². The van der Waals surface area contributed by atoms with Crippen LogP contribution in [-0.4, -0.2) is 15.8 Å². The fraction of sp³-hybridized carbons (Fsp3) is 0.0667. The summed E-state index contributed by atoms with van der Waals surface area (Å²) in [5.74, 6) is 0.166. The van der Waals surface area contributed by atoms with Crippen LogP contribution in [0.3, 0.4) is 0 Å². The first kappa shape index (κ1) is 14.4. The first-order valence-electron chi connectivity index (χ1n) is 6.21. The lowest BCUT2D eigenvalue weighted by Crippen LogP contribution is -2.09. The molecule has 106 valence electrons. The minimum atomic E-state index is -0.469. The normalized spacial score (nSPS) is 10.5. The van der Waals surface area contributed by atoms with E-state index in [9.17, 15) is 14.9 Å². The van der Waals surface area contributed by atoms with Crippen LogP contribution in [0.5, 0.6) is 0 Å². The Morgan fingerprint density at radius 1 is 1.29 bits per heavy atom. The maximum Gasteiger partial charge on any atom is 0.269 e. The number of benzene rings is 1. The van der Waals surface area contributed by atoms with E-state index in [0.29, 0.717) is 11.4 Å². The molecule has 1 aromatic carbocycles. The molecule has 0 spiro atoms. The second-order valence-corrected chi connectivity index (χ2v) is 4.39. The summed E-state index contributed by atoms with van der Waals surface area (Å²) in [6.07, 6.45) is 4.55. The molecule has 0 unspecified atom stereocenters. The minimum Gasteiger partial charge on any atom is -0.307 e. The molecule has 1 heterocycles. The number of non-ortho nitro benzene ring substituents is 1. The molecule has 1 amide bonds. The Kier molecular flexibility index (Phi) is 4.40. The molecule has 6 nitrogen and oxygen atoms in total. The van der Waals surface area contributed by atoms with Crippen LogP contribution in [-0.2, 0) is 4.79 Å². The van der Waals surface area contributed by atoms with Gasteiger partial charge >= 0.3 is 0 Å². The van der Waals surface area contributed by atoms with Crippen LogP contribution >= 0.6 is 0 Å². The topological polar surface area (TPSA) is 85.1 Å². The molecule has 0 radical (unpaired) electrons. The summed E-state index contributed by atoms with van der Waals surface area (Å²) in [5.41, 5.74) is 1.72. The summed E-state index contributed by atoms with van der Waals surface area (Å²) < 4.78 is 0. The van der Waals surface area contributed by atoms with E-state index in [1.54, 1.807) is 30.5 Å². The molecule has 0 saturated heterocycles. The van der Waals surface area contributed by atoms with Gasteiger partial charge in [-0.3, -0.25) is 14.9 Å². The zero-order valence-corrected chi connectivity index (χ0v) is 11.3. The highest BCUT2D eigenvalue weighted by molar-refractivity contribution is 6.01. The van der Waals surface area contributed by atoms with Gasteiger partial charge in [0, 0.05) is 24.4 Å². The van der Waals surface area contributed by atoms with E-state index in [4.69, 9.17) is 0 Å². The molecule has 21 heavy (non-hydrogen) atoms. The summed E-state index contributed by atoms with van der Waals surface area (Å²) in [5, 5.41) is 13.2. The van der Waals surface area contributed by atoms with Gasteiger partial charge in [-0.15, -0.1) is 0 Å². The third-order valence-electron chi connectivity index (χ3n) is 2.70. The Bertz CT molecular complexity index is 694. The van der Waals surface area contributed by atoms with Crippen molar-refractivity contribution < 1.29 is 9.72 Å². The Labute approximate surface area is 121 Å². The summed E-state index contributed by atoms with van der Waals surface area (Å²) in [6.45, 7) is 1.91. The van der Waals surface area contributed by atoms with Crippen LogP contribution in [0.25, 0.3) is 6.08 Å². The second-order valence-electron chi connectivity index (χ2n) is 4.39. The van der Waals surface area contributed by atoms with Gasteiger partial charge in [-0.1, -0.05) is 0 Å². The molecular formula is C15H13N3O3. The largest absolute Gasteiger partial charge is 0.307 e. The van der Waals surface area contributed by atoms with Gasteiger partial charge in [0.1, 0.15) is 5.82 Å². The zero-order chi connectivity index (χ0) is 15.2. The highest BCUT2D eigenvalue weighted by Gasteiger charge is 2.03. The molecule has 0 fully saturated rings. The van der Waals surface area contributed by atoms with E-state index in [1.807, 2.05) is 13.0 Å². The minimum absolute atomic E-state index is 0.0144. The van der Waals surface area contributed by atoms with Gasteiger partial charge in [-0.05, 0) is 48.4 Å². The maximum atomic E-state index is 11.7. The van der Waals surface area contributed by atoms with Gasteiger partial charge in [0.15, 0.2) is 0 Å². The van der Waals surface area contributed by atoms with Crippen LogP contribution in [0.2, 0.25) is 0 Å². The lowest BCUT2D eigenvalue weighted by Gasteiger charge is -2.01. The molecule has 2 aromatic rings. The molecule has 1 aromatic heterocycles. The molecule has 2 rings (SSSR count). The predicted octanol–water partition coefficient (Wildman–Crippen LogP) is 2.95. The maximum absolute atomic E-state index is 11.7. The quantitative estimate of drug-likeness (QED) is 0.531. The zero-order valence-electron chi connectivity index (χ0n) is 11.3. The van der Waals surface area contributed by atoms with Crippen molar-refractivity contribution in [2.45, 2.75) is 6.92 Å². The van der Waals surface area contributed by atoms with E-state index in [-0.39, 0.29) is 11.6 Å². The third kappa shape index (κ3) is 4.24. The number of nitro groups is 1. The van der Waals surface area contributed by atoms with Crippen molar-refractivity contribution in [3.63, 3.8) is 0 Å². The molecule has 0 aliphatic carbocycles. The number of nitrogens with one attached hydrogen (secondary N) is 1. The van der Waals surface area contributed by atoms with Crippen LogP contribution < -0.4 is 5.32 Å². The monoisotopic (exact) mass is 283 g/mol. The number of nitro benzene ring substituents is 1. The van der Waals surface area contributed by atoms with Crippen molar-refractivity contribution in [2.24, 2.45) is 0 Å². The van der Waals surface area contributed by atoms with Gasteiger partial charge in [-0.25, -0.2) is 4.98 Å². The Balaban J connectivity index is 2.00. The van der Waals surface area contributed by atoms with Gasteiger partial charge in [-0.2, -0.15) is 0 Å². The molecule has 1 N–H and O–H groups in total. The molecule has 0 saturated carbocycles. The number of hydrogen-bond acceptors (Lipinski definition) is 4. The van der Waals surface area contributed by atoms with E-state index in [1.165, 1.54) is 18.2 Å². The number of aryl methyl sites for hydroxylation is 1. The second kappa shape index (κ2) is 6.42.